The van der Waals surface area contributed by atoms with E-state index in [1.807, 2.05) is 12.1 Å². The van der Waals surface area contributed by atoms with E-state index < -0.39 is 0 Å². The smallest absolute Gasteiger partial charge is 0.122 e. The maximum Gasteiger partial charge on any atom is 0.122 e. The Morgan fingerprint density at radius 1 is 1.39 bits per heavy atom. The molecule has 1 aromatic rings. The minimum Gasteiger partial charge on any atom is -0.496 e. The number of halogens is 1. The van der Waals surface area contributed by atoms with Crippen molar-refractivity contribution in [2.45, 2.75) is 25.3 Å². The lowest BCUT2D eigenvalue weighted by molar-refractivity contribution is 0.188. The highest BCUT2D eigenvalue weighted by molar-refractivity contribution is 9.10. The van der Waals surface area contributed by atoms with Crippen LogP contribution in [-0.2, 0) is 11.2 Å². The van der Waals surface area contributed by atoms with E-state index >= 15 is 0 Å². The van der Waals surface area contributed by atoms with Gasteiger partial charge in [0.1, 0.15) is 5.75 Å². The van der Waals surface area contributed by atoms with Crippen LogP contribution in [-0.4, -0.2) is 26.9 Å². The summed E-state index contributed by atoms with van der Waals surface area (Å²) in [5.41, 5.74) is 4.00. The lowest BCUT2D eigenvalue weighted by atomic mass is 10.0. The quantitative estimate of drug-likeness (QED) is 0.439. The Morgan fingerprint density at radius 2 is 2.17 bits per heavy atom. The van der Waals surface area contributed by atoms with Gasteiger partial charge in [0, 0.05) is 24.2 Å². The number of hydrogen-bond acceptors (Lipinski definition) is 4. The number of hydrazine groups is 1. The number of nitrogens with one attached hydrogen (secondary N) is 1. The van der Waals surface area contributed by atoms with Gasteiger partial charge in [-0.2, -0.15) is 0 Å². The number of nitrogens with two attached hydrogens (primary N) is 1. The molecule has 1 rings (SSSR count). The normalized spacial score (nSPS) is 12.4. The van der Waals surface area contributed by atoms with Gasteiger partial charge in [0.15, 0.2) is 0 Å². The summed E-state index contributed by atoms with van der Waals surface area (Å²) in [5, 5.41) is 0. The molecule has 0 amide bonds. The van der Waals surface area contributed by atoms with Gasteiger partial charge >= 0.3 is 0 Å². The van der Waals surface area contributed by atoms with Crippen LogP contribution in [0.3, 0.4) is 0 Å². The zero-order valence-electron chi connectivity index (χ0n) is 10.9. The highest BCUT2D eigenvalue weighted by Gasteiger charge is 2.11. The predicted octanol–water partition coefficient (Wildman–Crippen LogP) is 2.26. The highest BCUT2D eigenvalue weighted by atomic mass is 79.9. The molecule has 0 spiro atoms. The van der Waals surface area contributed by atoms with Crippen molar-refractivity contribution in [2.24, 2.45) is 5.84 Å². The molecule has 0 aliphatic carbocycles. The summed E-state index contributed by atoms with van der Waals surface area (Å²) in [7, 11) is 3.39. The molecule has 1 atom stereocenters. The fourth-order valence-electron chi connectivity index (χ4n) is 1.89. The zero-order valence-corrected chi connectivity index (χ0v) is 12.5. The molecule has 0 radical (unpaired) electrons. The van der Waals surface area contributed by atoms with Crippen LogP contribution in [0.4, 0.5) is 0 Å². The van der Waals surface area contributed by atoms with E-state index in [9.17, 15) is 0 Å². The van der Waals surface area contributed by atoms with Gasteiger partial charge in [-0.05, 0) is 43.0 Å². The van der Waals surface area contributed by atoms with Gasteiger partial charge in [-0.25, -0.2) is 0 Å². The fourth-order valence-corrected chi connectivity index (χ4v) is 2.30. The van der Waals surface area contributed by atoms with Gasteiger partial charge in [-0.1, -0.05) is 15.9 Å². The van der Waals surface area contributed by atoms with Crippen molar-refractivity contribution < 1.29 is 9.47 Å². The Hall–Kier alpha value is -0.620. The van der Waals surface area contributed by atoms with Gasteiger partial charge in [0.05, 0.1) is 7.11 Å². The predicted molar refractivity (Wildman–Crippen MR) is 76.6 cm³/mol. The van der Waals surface area contributed by atoms with Gasteiger partial charge in [-0.15, -0.1) is 0 Å². The molecular formula is C13H21BrN2O2. The Kier molecular flexibility index (Phi) is 7.27. The van der Waals surface area contributed by atoms with Crippen LogP contribution < -0.4 is 16.0 Å². The van der Waals surface area contributed by atoms with E-state index in [-0.39, 0.29) is 6.04 Å². The van der Waals surface area contributed by atoms with E-state index in [2.05, 4.69) is 27.4 Å². The zero-order chi connectivity index (χ0) is 13.4. The van der Waals surface area contributed by atoms with Crippen LogP contribution in [0, 0.1) is 0 Å². The average molecular weight is 317 g/mol. The summed E-state index contributed by atoms with van der Waals surface area (Å²) in [6.07, 6.45) is 2.80. The first kappa shape index (κ1) is 15.4. The number of rotatable bonds is 8. The minimum absolute atomic E-state index is 0.225. The second-order valence-corrected chi connectivity index (χ2v) is 5.07. The molecular weight excluding hydrogens is 296 g/mol. The molecule has 0 fully saturated rings. The van der Waals surface area contributed by atoms with Crippen LogP contribution in [0.2, 0.25) is 0 Å². The molecule has 0 aliphatic rings. The second-order valence-electron chi connectivity index (χ2n) is 4.16. The number of hydrogen-bond donors (Lipinski definition) is 2. The number of benzene rings is 1. The molecule has 0 aromatic heterocycles. The SMILES string of the molecule is COCCCC(Cc1cc(Br)ccc1OC)NN. The van der Waals surface area contributed by atoms with Crippen LogP contribution in [0.5, 0.6) is 5.75 Å². The molecule has 3 N–H and O–H groups in total. The Bertz CT molecular complexity index is 361. The largest absolute Gasteiger partial charge is 0.496 e. The van der Waals surface area contributed by atoms with E-state index in [1.54, 1.807) is 14.2 Å². The van der Waals surface area contributed by atoms with E-state index in [0.717, 1.165) is 41.7 Å². The van der Waals surface area contributed by atoms with E-state index in [1.165, 1.54) is 0 Å². The summed E-state index contributed by atoms with van der Waals surface area (Å²) >= 11 is 3.47. The van der Waals surface area contributed by atoms with Crippen molar-refractivity contribution in [2.75, 3.05) is 20.8 Å². The molecule has 1 unspecified atom stereocenters. The molecule has 5 heteroatoms. The Labute approximate surface area is 117 Å². The van der Waals surface area contributed by atoms with Crippen molar-refractivity contribution in [3.8, 4) is 5.75 Å². The molecule has 1 aromatic carbocycles. The first-order valence-corrected chi connectivity index (χ1v) is 6.78. The van der Waals surface area contributed by atoms with Crippen molar-refractivity contribution >= 4 is 15.9 Å². The maximum absolute atomic E-state index is 5.59. The van der Waals surface area contributed by atoms with Gasteiger partial charge in [-0.3, -0.25) is 11.3 Å². The summed E-state index contributed by atoms with van der Waals surface area (Å²) < 4.78 is 11.5. The summed E-state index contributed by atoms with van der Waals surface area (Å²) in [6.45, 7) is 0.758. The highest BCUT2D eigenvalue weighted by Crippen LogP contribution is 2.24. The molecule has 0 aliphatic heterocycles. The summed E-state index contributed by atoms with van der Waals surface area (Å²) in [4.78, 5) is 0. The average Bonchev–Trinajstić information content (AvgIpc) is 2.38. The monoisotopic (exact) mass is 316 g/mol. The van der Waals surface area contributed by atoms with E-state index in [4.69, 9.17) is 15.3 Å². The lowest BCUT2D eigenvalue weighted by Gasteiger charge is -2.17. The van der Waals surface area contributed by atoms with Gasteiger partial charge in [0.25, 0.3) is 0 Å². The summed E-state index contributed by atoms with van der Waals surface area (Å²) in [6, 6.07) is 6.23. The minimum atomic E-state index is 0.225. The lowest BCUT2D eigenvalue weighted by Crippen LogP contribution is -2.37. The van der Waals surface area contributed by atoms with Crippen molar-refractivity contribution in [3.63, 3.8) is 0 Å². The number of ether oxygens (including phenoxy) is 2. The van der Waals surface area contributed by atoms with Gasteiger partial charge < -0.3 is 9.47 Å². The fraction of sp³-hybridized carbons (Fsp3) is 0.538. The maximum atomic E-state index is 5.59. The first-order chi connectivity index (χ1) is 8.71. The standard InChI is InChI=1S/C13H21BrN2O2/c1-17-7-3-4-12(16-15)9-10-8-11(14)5-6-13(10)18-2/h5-6,8,12,16H,3-4,7,9,15H2,1-2H3. The van der Waals surface area contributed by atoms with Crippen molar-refractivity contribution in [3.05, 3.63) is 28.2 Å². The molecule has 102 valence electrons. The molecule has 0 heterocycles. The molecule has 18 heavy (non-hydrogen) atoms. The second kappa shape index (κ2) is 8.48. The Morgan fingerprint density at radius 3 is 2.78 bits per heavy atom. The van der Waals surface area contributed by atoms with Crippen molar-refractivity contribution in [1.29, 1.82) is 0 Å². The molecule has 0 saturated heterocycles. The summed E-state index contributed by atoms with van der Waals surface area (Å²) in [5.74, 6) is 6.48. The topological polar surface area (TPSA) is 56.5 Å². The molecule has 4 nitrogen and oxygen atoms in total. The Balaban J connectivity index is 2.65. The van der Waals surface area contributed by atoms with Gasteiger partial charge in [0.2, 0.25) is 0 Å². The van der Waals surface area contributed by atoms with Crippen LogP contribution >= 0.6 is 15.9 Å². The van der Waals surface area contributed by atoms with Crippen LogP contribution in [0.1, 0.15) is 18.4 Å². The third kappa shape index (κ3) is 4.94. The number of methoxy groups -OCH3 is 2. The third-order valence-corrected chi connectivity index (χ3v) is 3.34. The van der Waals surface area contributed by atoms with E-state index in [0.29, 0.717) is 0 Å². The molecule has 0 saturated carbocycles. The first-order valence-electron chi connectivity index (χ1n) is 5.98. The van der Waals surface area contributed by atoms with Crippen LogP contribution in [0.25, 0.3) is 0 Å². The molecule has 0 bridgehead atoms. The van der Waals surface area contributed by atoms with Crippen LogP contribution in [0.15, 0.2) is 22.7 Å². The third-order valence-electron chi connectivity index (χ3n) is 2.85. The van der Waals surface area contributed by atoms with Crippen molar-refractivity contribution in [1.82, 2.24) is 5.43 Å².